The van der Waals surface area contributed by atoms with Crippen molar-refractivity contribution in [3.05, 3.63) is 89.5 Å². The zero-order chi connectivity index (χ0) is 22.4. The minimum absolute atomic E-state index is 0.143. The first kappa shape index (κ1) is 19.4. The molecule has 0 saturated heterocycles. The van der Waals surface area contributed by atoms with Crippen LogP contribution in [0.2, 0.25) is 0 Å². The number of rotatable bonds is 4. The van der Waals surface area contributed by atoms with Crippen molar-refractivity contribution in [3.8, 4) is 10.6 Å². The van der Waals surface area contributed by atoms with E-state index in [1.165, 1.54) is 10.9 Å². The van der Waals surface area contributed by atoms with Gasteiger partial charge in [-0.1, -0.05) is 36.4 Å². The number of carbonyl (C=O) groups is 1. The van der Waals surface area contributed by atoms with Crippen LogP contribution in [-0.2, 0) is 11.3 Å². The zero-order valence-corrected chi connectivity index (χ0v) is 18.0. The monoisotopic (exact) mass is 452 g/mol. The lowest BCUT2D eigenvalue weighted by molar-refractivity contribution is -0.116. The molecule has 0 saturated carbocycles. The van der Waals surface area contributed by atoms with Crippen LogP contribution in [0.4, 0.5) is 5.69 Å². The summed E-state index contributed by atoms with van der Waals surface area (Å²) in [6, 6.07) is 22.8. The molecule has 0 atom stereocenters. The fourth-order valence-corrected chi connectivity index (χ4v) is 4.77. The van der Waals surface area contributed by atoms with Gasteiger partial charge in [-0.15, -0.1) is 11.3 Å². The Morgan fingerprint density at radius 1 is 1.03 bits per heavy atom. The van der Waals surface area contributed by atoms with Crippen LogP contribution in [0.1, 0.15) is 0 Å². The summed E-state index contributed by atoms with van der Waals surface area (Å²) in [7, 11) is 0. The fourth-order valence-electron chi connectivity index (χ4n) is 3.81. The van der Waals surface area contributed by atoms with E-state index in [-0.39, 0.29) is 18.0 Å². The van der Waals surface area contributed by atoms with E-state index < -0.39 is 5.56 Å². The summed E-state index contributed by atoms with van der Waals surface area (Å²) < 4.78 is 8.03. The average molecular weight is 452 g/mol. The molecule has 0 aliphatic carbocycles. The quantitative estimate of drug-likeness (QED) is 0.404. The smallest absolute Gasteiger partial charge is 0.297 e. The number of nitrogens with zero attached hydrogens (tertiary/aromatic N) is 3. The van der Waals surface area contributed by atoms with Gasteiger partial charge >= 0.3 is 0 Å². The number of fused-ring (bicyclic) bond motifs is 4. The Morgan fingerprint density at radius 2 is 1.88 bits per heavy atom. The average Bonchev–Trinajstić information content (AvgIpc) is 3.43. The lowest BCUT2D eigenvalue weighted by atomic mass is 10.2. The highest BCUT2D eigenvalue weighted by Gasteiger charge is 2.15. The number of amides is 1. The van der Waals surface area contributed by atoms with Crippen molar-refractivity contribution in [2.75, 3.05) is 5.32 Å². The van der Waals surface area contributed by atoms with Crippen LogP contribution >= 0.6 is 11.3 Å². The Balaban J connectivity index is 1.25. The molecule has 8 heteroatoms. The van der Waals surface area contributed by atoms with Gasteiger partial charge in [0.05, 0.1) is 16.5 Å². The first-order chi connectivity index (χ1) is 16.2. The number of aromatic nitrogens is 3. The largest absolute Gasteiger partial charge is 0.448 e. The Hall–Kier alpha value is -4.30. The van der Waals surface area contributed by atoms with E-state index in [0.717, 1.165) is 26.2 Å². The summed E-state index contributed by atoms with van der Waals surface area (Å²) in [4.78, 5) is 34.6. The number of furan rings is 1. The van der Waals surface area contributed by atoms with E-state index >= 15 is 0 Å². The van der Waals surface area contributed by atoms with Gasteiger partial charge in [-0.05, 0) is 36.4 Å². The van der Waals surface area contributed by atoms with Crippen LogP contribution in [0, 0.1) is 0 Å². The van der Waals surface area contributed by atoms with E-state index in [4.69, 9.17) is 4.42 Å². The van der Waals surface area contributed by atoms with Crippen LogP contribution < -0.4 is 10.9 Å². The molecule has 6 aromatic rings. The van der Waals surface area contributed by atoms with Gasteiger partial charge in [0.1, 0.15) is 22.7 Å². The van der Waals surface area contributed by atoms with E-state index in [1.807, 2.05) is 60.7 Å². The lowest BCUT2D eigenvalue weighted by Crippen LogP contribution is -2.27. The normalized spacial score (nSPS) is 11.4. The van der Waals surface area contributed by atoms with Crippen molar-refractivity contribution in [2.24, 2.45) is 0 Å². The molecule has 0 aliphatic rings. The summed E-state index contributed by atoms with van der Waals surface area (Å²) in [6.45, 7) is -0.176. The molecule has 33 heavy (non-hydrogen) atoms. The summed E-state index contributed by atoms with van der Waals surface area (Å²) in [5, 5.41) is 4.50. The Kier molecular flexibility index (Phi) is 4.51. The van der Waals surface area contributed by atoms with Gasteiger partial charge in [-0.3, -0.25) is 14.2 Å². The van der Waals surface area contributed by atoms with Crippen LogP contribution in [0.5, 0.6) is 0 Å². The van der Waals surface area contributed by atoms with Gasteiger partial charge in [-0.2, -0.15) is 0 Å². The van der Waals surface area contributed by atoms with Gasteiger partial charge in [0.15, 0.2) is 0 Å². The molecule has 0 radical (unpaired) electrons. The highest BCUT2D eigenvalue weighted by molar-refractivity contribution is 7.21. The molecule has 0 bridgehead atoms. The first-order valence-corrected chi connectivity index (χ1v) is 11.1. The van der Waals surface area contributed by atoms with Gasteiger partial charge in [0.25, 0.3) is 5.56 Å². The molecule has 0 aliphatic heterocycles. The minimum atomic E-state index is -0.394. The number of anilines is 1. The number of hydrogen-bond acceptors (Lipinski definition) is 6. The Bertz CT molecular complexity index is 1700. The summed E-state index contributed by atoms with van der Waals surface area (Å²) >= 11 is 1.60. The van der Waals surface area contributed by atoms with E-state index in [1.54, 1.807) is 23.5 Å². The van der Waals surface area contributed by atoms with Crippen LogP contribution in [0.15, 0.2) is 88.3 Å². The summed E-state index contributed by atoms with van der Waals surface area (Å²) in [6.07, 6.45) is 1.38. The van der Waals surface area contributed by atoms with Crippen LogP contribution in [-0.4, -0.2) is 20.4 Å². The number of thiazole rings is 1. The second-order valence-corrected chi connectivity index (χ2v) is 8.60. The maximum absolute atomic E-state index is 12.9. The van der Waals surface area contributed by atoms with E-state index in [9.17, 15) is 9.59 Å². The van der Waals surface area contributed by atoms with E-state index in [0.29, 0.717) is 16.8 Å². The minimum Gasteiger partial charge on any atom is -0.448 e. The first-order valence-electron chi connectivity index (χ1n) is 10.3. The number of para-hydroxylation sites is 2. The highest BCUT2D eigenvalue weighted by Crippen LogP contribution is 2.31. The number of carbonyl (C=O) groups excluding carboxylic acids is 1. The Labute approximate surface area is 190 Å². The van der Waals surface area contributed by atoms with Crippen molar-refractivity contribution < 1.29 is 9.21 Å². The predicted octanol–water partition coefficient (Wildman–Crippen LogP) is 5.06. The molecule has 0 fully saturated rings. The summed E-state index contributed by atoms with van der Waals surface area (Å²) in [5.74, 6) is -0.337. The predicted molar refractivity (Wildman–Crippen MR) is 129 cm³/mol. The molecule has 6 rings (SSSR count). The third-order valence-corrected chi connectivity index (χ3v) is 6.44. The molecule has 7 nitrogen and oxygen atoms in total. The molecule has 0 spiro atoms. The number of hydrogen-bond donors (Lipinski definition) is 1. The zero-order valence-electron chi connectivity index (χ0n) is 17.2. The Morgan fingerprint density at radius 3 is 2.79 bits per heavy atom. The highest BCUT2D eigenvalue weighted by atomic mass is 32.1. The summed E-state index contributed by atoms with van der Waals surface area (Å²) in [5.41, 5.74) is 3.32. The number of benzene rings is 3. The van der Waals surface area contributed by atoms with Crippen molar-refractivity contribution in [2.45, 2.75) is 6.54 Å². The topological polar surface area (TPSA) is 90.0 Å². The second kappa shape index (κ2) is 7.68. The van der Waals surface area contributed by atoms with Gasteiger partial charge < -0.3 is 9.73 Å². The molecular weight excluding hydrogens is 436 g/mol. The third-order valence-electron chi connectivity index (χ3n) is 5.35. The molecule has 0 unspecified atom stereocenters. The third kappa shape index (κ3) is 3.46. The van der Waals surface area contributed by atoms with Gasteiger partial charge in [0, 0.05) is 16.6 Å². The maximum Gasteiger partial charge on any atom is 0.297 e. The SMILES string of the molecule is O=C(Cn1cnc2c(oc3ccccc32)c1=O)Nc1cccc(-c2nc3ccccc3s2)c1. The molecular formula is C25H16N4O3S. The van der Waals surface area contributed by atoms with Crippen molar-refractivity contribution in [1.29, 1.82) is 0 Å². The molecule has 1 amide bonds. The molecule has 3 aromatic carbocycles. The van der Waals surface area contributed by atoms with Crippen LogP contribution in [0.25, 0.3) is 42.9 Å². The fraction of sp³-hybridized carbons (Fsp3) is 0.0400. The van der Waals surface area contributed by atoms with Crippen molar-refractivity contribution in [3.63, 3.8) is 0 Å². The van der Waals surface area contributed by atoms with Crippen LogP contribution in [0.3, 0.4) is 0 Å². The molecule has 160 valence electrons. The van der Waals surface area contributed by atoms with Crippen molar-refractivity contribution >= 4 is 55.2 Å². The maximum atomic E-state index is 12.9. The number of nitrogens with one attached hydrogen (secondary N) is 1. The molecule has 1 N–H and O–H groups in total. The molecule has 3 aromatic heterocycles. The molecule has 3 heterocycles. The van der Waals surface area contributed by atoms with E-state index in [2.05, 4.69) is 15.3 Å². The standard InChI is InChI=1S/C25H16N4O3S/c30-21(13-29-14-26-22-17-8-1-3-10-19(17)32-23(22)25(29)31)27-16-7-5-6-15(12-16)24-28-18-9-2-4-11-20(18)33-24/h1-12,14H,13H2,(H,27,30). The lowest BCUT2D eigenvalue weighted by Gasteiger charge is -2.08. The van der Waals surface area contributed by atoms with Gasteiger partial charge in [0.2, 0.25) is 11.5 Å². The van der Waals surface area contributed by atoms with Gasteiger partial charge in [-0.25, -0.2) is 9.97 Å². The van der Waals surface area contributed by atoms with Crippen molar-refractivity contribution in [1.82, 2.24) is 14.5 Å². The second-order valence-electron chi connectivity index (χ2n) is 7.57.